The van der Waals surface area contributed by atoms with Crippen molar-refractivity contribution in [1.82, 2.24) is 4.98 Å². The van der Waals surface area contributed by atoms with E-state index in [4.69, 9.17) is 10.5 Å². The van der Waals surface area contributed by atoms with Crippen molar-refractivity contribution in [3.63, 3.8) is 0 Å². The highest BCUT2D eigenvalue weighted by Gasteiger charge is 2.37. The topological polar surface area (TPSA) is 80.7 Å². The van der Waals surface area contributed by atoms with Gasteiger partial charge in [-0.2, -0.15) is 0 Å². The minimum atomic E-state index is -0.0870. The molecule has 2 aliphatic rings. The van der Waals surface area contributed by atoms with Crippen molar-refractivity contribution < 1.29 is 9.84 Å². The minimum Gasteiger partial charge on any atom is -0.492 e. The molecule has 2 aromatic rings. The van der Waals surface area contributed by atoms with Crippen molar-refractivity contribution in [2.75, 3.05) is 25.5 Å². The molecule has 0 saturated heterocycles. The molecule has 5 nitrogen and oxygen atoms in total. The number of pyridine rings is 1. The third-order valence-electron chi connectivity index (χ3n) is 5.09. The largest absolute Gasteiger partial charge is 0.492 e. The van der Waals surface area contributed by atoms with Gasteiger partial charge in [-0.1, -0.05) is 12.5 Å². The van der Waals surface area contributed by atoms with Gasteiger partial charge in [0.2, 0.25) is 0 Å². The second kappa shape index (κ2) is 5.91. The number of aliphatic hydroxyl groups is 1. The lowest BCUT2D eigenvalue weighted by Gasteiger charge is -2.39. The highest BCUT2D eigenvalue weighted by atomic mass is 16.5. The molecule has 0 radical (unpaired) electrons. The Morgan fingerprint density at radius 1 is 1.25 bits per heavy atom. The molecule has 0 amide bonds. The fourth-order valence-corrected chi connectivity index (χ4v) is 3.32. The zero-order chi connectivity index (χ0) is 16.6. The number of fused-ring (bicyclic) bond motifs is 1. The summed E-state index contributed by atoms with van der Waals surface area (Å²) in [5.74, 6) is 1.18. The van der Waals surface area contributed by atoms with Gasteiger partial charge in [-0.05, 0) is 42.2 Å². The number of nitrogens with zero attached hydrogens (tertiary/aromatic N) is 2. The van der Waals surface area contributed by atoms with Crippen molar-refractivity contribution in [2.45, 2.75) is 19.3 Å². The van der Waals surface area contributed by atoms with E-state index in [2.05, 4.69) is 16.0 Å². The van der Waals surface area contributed by atoms with Crippen LogP contribution in [0.2, 0.25) is 0 Å². The molecule has 124 valence electrons. The summed E-state index contributed by atoms with van der Waals surface area (Å²) in [6, 6.07) is 7.89. The first kappa shape index (κ1) is 15.1. The summed E-state index contributed by atoms with van der Waals surface area (Å²) in [5.41, 5.74) is 8.99. The standard InChI is InChI=1S/C19H21N3O2/c20-18-9-17(24-12-19(11-23)5-1-6-19)15-3-2-13(8-16(15)22-18)14-4-7-21-10-14/h2-4,7-9,23H,1,5-6,10-12H2,(H2,20,22). The zero-order valence-electron chi connectivity index (χ0n) is 13.5. The quantitative estimate of drug-likeness (QED) is 0.886. The van der Waals surface area contributed by atoms with Gasteiger partial charge in [0.05, 0.1) is 25.3 Å². The third kappa shape index (κ3) is 2.65. The van der Waals surface area contributed by atoms with Gasteiger partial charge in [0.25, 0.3) is 0 Å². The summed E-state index contributed by atoms with van der Waals surface area (Å²) in [6.45, 7) is 1.39. The van der Waals surface area contributed by atoms with Crippen LogP contribution < -0.4 is 10.5 Å². The number of aliphatic imine (C=N–C) groups is 1. The Kier molecular flexibility index (Phi) is 3.73. The highest BCUT2D eigenvalue weighted by molar-refractivity contribution is 5.94. The van der Waals surface area contributed by atoms with E-state index in [1.165, 1.54) is 5.57 Å². The number of aromatic nitrogens is 1. The van der Waals surface area contributed by atoms with Crippen LogP contribution in [0.4, 0.5) is 5.82 Å². The molecule has 24 heavy (non-hydrogen) atoms. The van der Waals surface area contributed by atoms with E-state index in [0.717, 1.165) is 41.5 Å². The molecule has 0 bridgehead atoms. The summed E-state index contributed by atoms with van der Waals surface area (Å²) in [5, 5.41) is 10.5. The number of allylic oxidation sites excluding steroid dienone is 1. The predicted molar refractivity (Wildman–Crippen MR) is 96.4 cm³/mol. The smallest absolute Gasteiger partial charge is 0.132 e. The number of nitrogen functional groups attached to an aromatic ring is 1. The first-order valence-corrected chi connectivity index (χ1v) is 8.32. The molecule has 1 fully saturated rings. The normalized spacial score (nSPS) is 18.5. The number of ether oxygens (including phenoxy) is 1. The van der Waals surface area contributed by atoms with E-state index in [0.29, 0.717) is 19.0 Å². The van der Waals surface area contributed by atoms with Gasteiger partial charge in [-0.15, -0.1) is 0 Å². The molecule has 1 aromatic carbocycles. The average Bonchev–Trinajstić information content (AvgIpc) is 3.08. The third-order valence-corrected chi connectivity index (χ3v) is 5.09. The van der Waals surface area contributed by atoms with Crippen molar-refractivity contribution in [3.8, 4) is 5.75 Å². The van der Waals surface area contributed by atoms with Crippen LogP contribution in [-0.2, 0) is 0 Å². The second-order valence-electron chi connectivity index (χ2n) is 6.76. The minimum absolute atomic E-state index is 0.0870. The predicted octanol–water partition coefficient (Wildman–Crippen LogP) is 2.83. The van der Waals surface area contributed by atoms with Crippen LogP contribution in [0.15, 0.2) is 35.3 Å². The van der Waals surface area contributed by atoms with Crippen molar-refractivity contribution in [2.24, 2.45) is 10.4 Å². The Labute approximate surface area is 140 Å². The molecule has 1 saturated carbocycles. The van der Waals surface area contributed by atoms with Gasteiger partial charge in [0, 0.05) is 23.1 Å². The molecular formula is C19H21N3O2. The van der Waals surface area contributed by atoms with Crippen molar-refractivity contribution in [1.29, 1.82) is 0 Å². The van der Waals surface area contributed by atoms with E-state index >= 15 is 0 Å². The lowest BCUT2D eigenvalue weighted by Crippen LogP contribution is -2.39. The maximum atomic E-state index is 9.60. The average molecular weight is 323 g/mol. The Balaban J connectivity index is 1.65. The first-order chi connectivity index (χ1) is 11.7. The van der Waals surface area contributed by atoms with Crippen LogP contribution in [0.5, 0.6) is 5.75 Å². The lowest BCUT2D eigenvalue weighted by molar-refractivity contribution is 0.000553. The maximum absolute atomic E-state index is 9.60. The fraction of sp³-hybridized carbons (Fsp3) is 0.368. The van der Waals surface area contributed by atoms with Gasteiger partial charge in [0.1, 0.15) is 11.6 Å². The van der Waals surface area contributed by atoms with Crippen LogP contribution in [-0.4, -0.2) is 36.1 Å². The number of rotatable bonds is 5. The van der Waals surface area contributed by atoms with Crippen LogP contribution in [0.1, 0.15) is 24.8 Å². The monoisotopic (exact) mass is 323 g/mol. The van der Waals surface area contributed by atoms with Crippen LogP contribution in [0, 0.1) is 5.41 Å². The number of hydrogen-bond donors (Lipinski definition) is 2. The van der Waals surface area contributed by atoms with Gasteiger partial charge in [-0.25, -0.2) is 4.98 Å². The van der Waals surface area contributed by atoms with E-state index < -0.39 is 0 Å². The van der Waals surface area contributed by atoms with E-state index in [9.17, 15) is 5.11 Å². The molecule has 1 aromatic heterocycles. The molecule has 2 heterocycles. The number of benzene rings is 1. The molecule has 0 unspecified atom stereocenters. The summed E-state index contributed by atoms with van der Waals surface area (Å²) in [7, 11) is 0. The Bertz CT molecular complexity index is 832. The molecule has 4 rings (SSSR count). The van der Waals surface area contributed by atoms with Gasteiger partial charge in [-0.3, -0.25) is 4.99 Å². The Morgan fingerprint density at radius 2 is 2.12 bits per heavy atom. The van der Waals surface area contributed by atoms with Gasteiger partial charge < -0.3 is 15.6 Å². The van der Waals surface area contributed by atoms with Crippen LogP contribution >= 0.6 is 0 Å². The van der Waals surface area contributed by atoms with Gasteiger partial charge >= 0.3 is 0 Å². The first-order valence-electron chi connectivity index (χ1n) is 8.32. The molecular weight excluding hydrogens is 302 g/mol. The van der Waals surface area contributed by atoms with Crippen LogP contribution in [0.3, 0.4) is 0 Å². The van der Waals surface area contributed by atoms with E-state index in [1.54, 1.807) is 6.07 Å². The fourth-order valence-electron chi connectivity index (χ4n) is 3.32. The molecule has 5 heteroatoms. The number of nitrogens with two attached hydrogens (primary N) is 1. The van der Waals surface area contributed by atoms with Crippen molar-refractivity contribution >= 4 is 28.5 Å². The number of anilines is 1. The Hall–Kier alpha value is -2.40. The SMILES string of the molecule is Nc1cc(OCC2(CO)CCC2)c2ccc(C3=CC=NC3)cc2n1. The Morgan fingerprint density at radius 3 is 2.79 bits per heavy atom. The molecule has 0 atom stereocenters. The van der Waals surface area contributed by atoms with E-state index in [-0.39, 0.29) is 12.0 Å². The number of aliphatic hydroxyl groups excluding tert-OH is 1. The van der Waals surface area contributed by atoms with Crippen molar-refractivity contribution in [3.05, 3.63) is 35.9 Å². The maximum Gasteiger partial charge on any atom is 0.132 e. The summed E-state index contributed by atoms with van der Waals surface area (Å²) < 4.78 is 6.04. The molecule has 1 aliphatic heterocycles. The highest BCUT2D eigenvalue weighted by Crippen LogP contribution is 2.41. The van der Waals surface area contributed by atoms with E-state index in [1.807, 2.05) is 24.4 Å². The molecule has 1 aliphatic carbocycles. The van der Waals surface area contributed by atoms with Gasteiger partial charge in [0.15, 0.2) is 0 Å². The number of hydrogen-bond acceptors (Lipinski definition) is 5. The zero-order valence-corrected chi connectivity index (χ0v) is 13.5. The summed E-state index contributed by atoms with van der Waals surface area (Å²) in [6.07, 6.45) is 7.03. The molecule has 3 N–H and O–H groups in total. The second-order valence-corrected chi connectivity index (χ2v) is 6.76. The molecule has 0 spiro atoms. The van der Waals surface area contributed by atoms with Crippen LogP contribution in [0.25, 0.3) is 16.5 Å². The lowest BCUT2D eigenvalue weighted by atomic mass is 9.70. The summed E-state index contributed by atoms with van der Waals surface area (Å²) >= 11 is 0. The summed E-state index contributed by atoms with van der Waals surface area (Å²) in [4.78, 5) is 8.67.